The molecule has 1 heterocycles. The SMILES string of the molecule is OCC1O[C@@H](Oc2ccc(Cl)cc2)C(O)[C@@H](O)[C@@H]1O. The number of aliphatic hydroxyl groups excluding tert-OH is 4. The fraction of sp³-hybridized carbons (Fsp3) is 0.500. The quantitative estimate of drug-likeness (QED) is 0.600. The van der Waals surface area contributed by atoms with Crippen LogP contribution in [0.1, 0.15) is 0 Å². The molecule has 1 saturated heterocycles. The van der Waals surface area contributed by atoms with Crippen LogP contribution in [0.15, 0.2) is 24.3 Å². The topological polar surface area (TPSA) is 99.4 Å². The number of benzene rings is 1. The summed E-state index contributed by atoms with van der Waals surface area (Å²) in [5.41, 5.74) is 0. The smallest absolute Gasteiger partial charge is 0.229 e. The Balaban J connectivity index is 2.08. The van der Waals surface area contributed by atoms with E-state index in [1.54, 1.807) is 24.3 Å². The Morgan fingerprint density at radius 3 is 2.26 bits per heavy atom. The van der Waals surface area contributed by atoms with Gasteiger partial charge in [0.25, 0.3) is 0 Å². The van der Waals surface area contributed by atoms with Crippen LogP contribution in [0, 0.1) is 0 Å². The van der Waals surface area contributed by atoms with Crippen LogP contribution in [0.5, 0.6) is 5.75 Å². The van der Waals surface area contributed by atoms with Crippen LogP contribution in [0.2, 0.25) is 5.02 Å². The molecule has 4 N–H and O–H groups in total. The maximum absolute atomic E-state index is 9.77. The molecule has 0 aromatic heterocycles. The summed E-state index contributed by atoms with van der Waals surface area (Å²) in [6.07, 6.45) is -6.45. The van der Waals surface area contributed by atoms with Crippen molar-refractivity contribution in [1.29, 1.82) is 0 Å². The van der Waals surface area contributed by atoms with Crippen molar-refractivity contribution in [3.05, 3.63) is 29.3 Å². The maximum Gasteiger partial charge on any atom is 0.229 e. The minimum absolute atomic E-state index is 0.383. The summed E-state index contributed by atoms with van der Waals surface area (Å²) in [6, 6.07) is 6.34. The van der Waals surface area contributed by atoms with Crippen LogP contribution >= 0.6 is 11.6 Å². The lowest BCUT2D eigenvalue weighted by atomic mass is 9.99. The molecule has 2 rings (SSSR count). The highest BCUT2D eigenvalue weighted by molar-refractivity contribution is 6.30. The second kappa shape index (κ2) is 6.04. The molecule has 0 spiro atoms. The fourth-order valence-corrected chi connectivity index (χ4v) is 1.94. The van der Waals surface area contributed by atoms with Gasteiger partial charge >= 0.3 is 0 Å². The second-order valence-electron chi connectivity index (χ2n) is 4.27. The first-order valence-electron chi connectivity index (χ1n) is 5.75. The van der Waals surface area contributed by atoms with Gasteiger partial charge < -0.3 is 29.9 Å². The van der Waals surface area contributed by atoms with E-state index in [0.717, 1.165) is 0 Å². The first-order valence-corrected chi connectivity index (χ1v) is 6.13. The Bertz CT molecular complexity index is 409. The molecule has 2 unspecified atom stereocenters. The van der Waals surface area contributed by atoms with Gasteiger partial charge in [-0.1, -0.05) is 11.6 Å². The van der Waals surface area contributed by atoms with Crippen molar-refractivity contribution in [2.75, 3.05) is 6.61 Å². The van der Waals surface area contributed by atoms with E-state index in [1.165, 1.54) is 0 Å². The summed E-state index contributed by atoms with van der Waals surface area (Å²) >= 11 is 5.73. The third kappa shape index (κ3) is 3.17. The van der Waals surface area contributed by atoms with E-state index in [2.05, 4.69) is 0 Å². The summed E-state index contributed by atoms with van der Waals surface area (Å²) in [6.45, 7) is -0.495. The van der Waals surface area contributed by atoms with Gasteiger partial charge in [0, 0.05) is 5.02 Å². The third-order valence-corrected chi connectivity index (χ3v) is 3.17. The molecule has 0 bridgehead atoms. The van der Waals surface area contributed by atoms with Gasteiger partial charge in [-0.15, -0.1) is 0 Å². The molecule has 1 aliphatic rings. The molecule has 1 fully saturated rings. The lowest BCUT2D eigenvalue weighted by molar-refractivity contribution is -0.277. The van der Waals surface area contributed by atoms with Gasteiger partial charge in [0.15, 0.2) is 0 Å². The van der Waals surface area contributed by atoms with E-state index in [-0.39, 0.29) is 0 Å². The molecule has 0 radical (unpaired) electrons. The van der Waals surface area contributed by atoms with E-state index in [1.807, 2.05) is 0 Å². The number of halogens is 1. The minimum atomic E-state index is -1.46. The number of aliphatic hydroxyl groups is 4. The lowest BCUT2D eigenvalue weighted by Gasteiger charge is -2.39. The highest BCUT2D eigenvalue weighted by atomic mass is 35.5. The van der Waals surface area contributed by atoms with E-state index in [0.29, 0.717) is 10.8 Å². The monoisotopic (exact) mass is 290 g/mol. The van der Waals surface area contributed by atoms with Crippen molar-refractivity contribution < 1.29 is 29.9 Å². The highest BCUT2D eigenvalue weighted by Gasteiger charge is 2.44. The molecular weight excluding hydrogens is 276 g/mol. The largest absolute Gasteiger partial charge is 0.462 e. The van der Waals surface area contributed by atoms with Crippen molar-refractivity contribution in [1.82, 2.24) is 0 Å². The van der Waals surface area contributed by atoms with E-state index in [4.69, 9.17) is 26.2 Å². The number of ether oxygens (including phenoxy) is 2. The molecule has 0 saturated carbocycles. The Labute approximate surface area is 114 Å². The van der Waals surface area contributed by atoms with Gasteiger partial charge in [-0.2, -0.15) is 0 Å². The fourth-order valence-electron chi connectivity index (χ4n) is 1.81. The second-order valence-corrected chi connectivity index (χ2v) is 4.71. The van der Waals surface area contributed by atoms with Gasteiger partial charge in [-0.05, 0) is 24.3 Å². The lowest BCUT2D eigenvalue weighted by Crippen LogP contribution is -2.60. The van der Waals surface area contributed by atoms with Crippen LogP contribution in [-0.2, 0) is 4.74 Å². The summed E-state index contributed by atoms with van der Waals surface area (Å²) in [4.78, 5) is 0. The Kier molecular flexibility index (Phi) is 4.62. The Hall–Kier alpha value is -0.890. The van der Waals surface area contributed by atoms with Crippen molar-refractivity contribution in [2.24, 2.45) is 0 Å². The van der Waals surface area contributed by atoms with Crippen LogP contribution in [-0.4, -0.2) is 57.7 Å². The normalized spacial score (nSPS) is 35.1. The van der Waals surface area contributed by atoms with Gasteiger partial charge in [0.05, 0.1) is 6.61 Å². The van der Waals surface area contributed by atoms with Crippen LogP contribution in [0.25, 0.3) is 0 Å². The zero-order valence-corrected chi connectivity index (χ0v) is 10.6. The van der Waals surface area contributed by atoms with Crippen molar-refractivity contribution in [3.63, 3.8) is 0 Å². The van der Waals surface area contributed by atoms with Gasteiger partial charge in [0.2, 0.25) is 6.29 Å². The minimum Gasteiger partial charge on any atom is -0.462 e. The van der Waals surface area contributed by atoms with Crippen molar-refractivity contribution in [2.45, 2.75) is 30.7 Å². The molecule has 1 aromatic carbocycles. The van der Waals surface area contributed by atoms with Crippen LogP contribution in [0.3, 0.4) is 0 Å². The van der Waals surface area contributed by atoms with E-state index in [9.17, 15) is 15.3 Å². The molecule has 1 aromatic rings. The predicted octanol–water partition coefficient (Wildman–Crippen LogP) is -0.481. The first kappa shape index (κ1) is 14.5. The maximum atomic E-state index is 9.77. The van der Waals surface area contributed by atoms with Crippen molar-refractivity contribution >= 4 is 11.6 Å². The van der Waals surface area contributed by atoms with Crippen LogP contribution < -0.4 is 4.74 Å². The Morgan fingerprint density at radius 2 is 1.68 bits per heavy atom. The van der Waals surface area contributed by atoms with Gasteiger partial charge in [0.1, 0.15) is 30.2 Å². The number of hydrogen-bond acceptors (Lipinski definition) is 6. The van der Waals surface area contributed by atoms with Crippen LogP contribution in [0.4, 0.5) is 0 Å². The first-order chi connectivity index (χ1) is 9.02. The summed E-state index contributed by atoms with van der Waals surface area (Å²) in [7, 11) is 0. The molecule has 19 heavy (non-hydrogen) atoms. The predicted molar refractivity (Wildman–Crippen MR) is 65.8 cm³/mol. The van der Waals surface area contributed by atoms with Gasteiger partial charge in [-0.3, -0.25) is 0 Å². The summed E-state index contributed by atoms with van der Waals surface area (Å²) in [5, 5.41) is 38.5. The zero-order chi connectivity index (χ0) is 14.0. The van der Waals surface area contributed by atoms with E-state index >= 15 is 0 Å². The average molecular weight is 291 g/mol. The highest BCUT2D eigenvalue weighted by Crippen LogP contribution is 2.24. The zero-order valence-electron chi connectivity index (χ0n) is 9.89. The molecule has 6 nitrogen and oxygen atoms in total. The standard InChI is InChI=1S/C12H15ClO6/c13-6-1-3-7(4-2-6)18-12-11(17)10(16)9(15)8(5-14)19-12/h1-4,8-12,14-17H,5H2/t8?,9-,10+,11?,12-/m1/s1. The Morgan fingerprint density at radius 1 is 1.05 bits per heavy atom. The third-order valence-electron chi connectivity index (χ3n) is 2.91. The number of rotatable bonds is 3. The molecular formula is C12H15ClO6. The summed E-state index contributed by atoms with van der Waals surface area (Å²) in [5.74, 6) is 0.383. The van der Waals surface area contributed by atoms with E-state index < -0.39 is 37.3 Å². The molecule has 106 valence electrons. The molecule has 0 amide bonds. The molecule has 1 aliphatic heterocycles. The van der Waals surface area contributed by atoms with Gasteiger partial charge in [-0.25, -0.2) is 0 Å². The number of hydrogen-bond donors (Lipinski definition) is 4. The average Bonchev–Trinajstić information content (AvgIpc) is 2.42. The molecule has 0 aliphatic carbocycles. The molecule has 5 atom stereocenters. The molecule has 7 heteroatoms. The summed E-state index contributed by atoms with van der Waals surface area (Å²) < 4.78 is 10.6. The van der Waals surface area contributed by atoms with Crippen molar-refractivity contribution in [3.8, 4) is 5.75 Å².